The number of hydrogen-bond donors (Lipinski definition) is 2. The number of hydrogen-bond acceptors (Lipinski definition) is 4. The minimum absolute atomic E-state index is 0.0107. The zero-order chi connectivity index (χ0) is 12.5. The fourth-order valence-electron chi connectivity index (χ4n) is 2.25. The zero-order valence-electron chi connectivity index (χ0n) is 9.65. The topological polar surface area (TPSA) is 47.3 Å². The van der Waals surface area contributed by atoms with Crippen molar-refractivity contribution in [2.75, 3.05) is 6.61 Å². The minimum atomic E-state index is 0.0107. The van der Waals surface area contributed by atoms with Gasteiger partial charge in [0.2, 0.25) is 0 Å². The van der Waals surface area contributed by atoms with Crippen molar-refractivity contribution in [1.29, 1.82) is 0 Å². The molecule has 1 aromatic heterocycles. The van der Waals surface area contributed by atoms with Crippen LogP contribution in [0.1, 0.15) is 22.7 Å². The van der Waals surface area contributed by atoms with Crippen LogP contribution in [0.4, 0.5) is 0 Å². The van der Waals surface area contributed by atoms with Gasteiger partial charge in [-0.05, 0) is 44.1 Å². The van der Waals surface area contributed by atoms with Crippen LogP contribution in [0, 0.1) is 0 Å². The van der Waals surface area contributed by atoms with Gasteiger partial charge >= 0.3 is 0 Å². The molecule has 1 aliphatic heterocycles. The van der Waals surface area contributed by atoms with E-state index in [1.807, 2.05) is 6.07 Å². The first-order chi connectivity index (χ1) is 8.79. The van der Waals surface area contributed by atoms with Gasteiger partial charge < -0.3 is 4.74 Å². The van der Waals surface area contributed by atoms with Crippen molar-refractivity contribution in [3.8, 4) is 5.75 Å². The number of fused-ring (bicyclic) bond motifs is 1. The van der Waals surface area contributed by atoms with Crippen LogP contribution in [0.3, 0.4) is 0 Å². The van der Waals surface area contributed by atoms with Gasteiger partial charge in [-0.15, -0.1) is 0 Å². The molecular formula is C13H13BrN2OS. The Kier molecular flexibility index (Phi) is 3.39. The lowest BCUT2D eigenvalue weighted by atomic mass is 9.99. The van der Waals surface area contributed by atoms with Crippen LogP contribution in [-0.4, -0.2) is 6.61 Å². The van der Waals surface area contributed by atoms with E-state index < -0.39 is 0 Å². The van der Waals surface area contributed by atoms with Gasteiger partial charge in [0.1, 0.15) is 5.75 Å². The van der Waals surface area contributed by atoms with E-state index in [1.165, 1.54) is 16.7 Å². The highest BCUT2D eigenvalue weighted by Gasteiger charge is 2.19. The number of benzene rings is 1. The molecule has 0 fully saturated rings. The molecule has 0 aliphatic carbocycles. The summed E-state index contributed by atoms with van der Waals surface area (Å²) in [7, 11) is 0. The number of thiophene rings is 1. The Balaban J connectivity index is 2.00. The molecule has 1 unspecified atom stereocenters. The van der Waals surface area contributed by atoms with Gasteiger partial charge in [-0.2, -0.15) is 11.3 Å². The van der Waals surface area contributed by atoms with E-state index in [0.717, 1.165) is 23.2 Å². The first-order valence-electron chi connectivity index (χ1n) is 5.73. The summed E-state index contributed by atoms with van der Waals surface area (Å²) in [5, 5.41) is 4.18. The van der Waals surface area contributed by atoms with Crippen LogP contribution in [-0.2, 0) is 6.42 Å². The van der Waals surface area contributed by atoms with Crippen LogP contribution in [0.2, 0.25) is 0 Å². The van der Waals surface area contributed by atoms with Gasteiger partial charge in [-0.1, -0.05) is 12.1 Å². The molecule has 94 valence electrons. The first-order valence-corrected chi connectivity index (χ1v) is 7.46. The van der Waals surface area contributed by atoms with Crippen molar-refractivity contribution < 1.29 is 4.74 Å². The molecule has 0 spiro atoms. The molecule has 18 heavy (non-hydrogen) atoms. The van der Waals surface area contributed by atoms with Gasteiger partial charge in [0.25, 0.3) is 0 Å². The van der Waals surface area contributed by atoms with Crippen LogP contribution in [0.5, 0.6) is 5.75 Å². The number of ether oxygens (including phenoxy) is 1. The highest BCUT2D eigenvalue weighted by Crippen LogP contribution is 2.34. The van der Waals surface area contributed by atoms with Crippen LogP contribution in [0.15, 0.2) is 33.4 Å². The Hall–Kier alpha value is -0.880. The highest BCUT2D eigenvalue weighted by molar-refractivity contribution is 9.10. The quantitative estimate of drug-likeness (QED) is 0.674. The summed E-state index contributed by atoms with van der Waals surface area (Å²) in [6, 6.07) is 6.29. The van der Waals surface area contributed by atoms with Crippen LogP contribution in [0.25, 0.3) is 0 Å². The molecule has 1 aromatic carbocycles. The second-order valence-corrected chi connectivity index (χ2v) is 5.84. The Morgan fingerprint density at radius 2 is 2.28 bits per heavy atom. The lowest BCUT2D eigenvalue weighted by Gasteiger charge is -2.17. The summed E-state index contributed by atoms with van der Waals surface area (Å²) in [5.74, 6) is 6.71. The molecule has 1 atom stereocenters. The summed E-state index contributed by atoms with van der Waals surface area (Å²) >= 11 is 5.22. The van der Waals surface area contributed by atoms with Gasteiger partial charge in [0, 0.05) is 16.3 Å². The fraction of sp³-hybridized carbons (Fsp3) is 0.231. The lowest BCUT2D eigenvalue weighted by Crippen LogP contribution is -2.28. The second kappa shape index (κ2) is 5.01. The zero-order valence-corrected chi connectivity index (χ0v) is 12.1. The van der Waals surface area contributed by atoms with E-state index in [2.05, 4.69) is 44.2 Å². The minimum Gasteiger partial charge on any atom is -0.493 e. The number of halogens is 1. The maximum absolute atomic E-state index is 5.71. The Morgan fingerprint density at radius 1 is 1.39 bits per heavy atom. The second-order valence-electron chi connectivity index (χ2n) is 4.24. The van der Waals surface area contributed by atoms with Gasteiger partial charge in [0.15, 0.2) is 0 Å². The van der Waals surface area contributed by atoms with Gasteiger partial charge in [0.05, 0.1) is 12.6 Å². The predicted molar refractivity (Wildman–Crippen MR) is 76.8 cm³/mol. The molecule has 3 nitrogen and oxygen atoms in total. The maximum Gasteiger partial charge on any atom is 0.122 e. The van der Waals surface area contributed by atoms with Crippen LogP contribution < -0.4 is 16.0 Å². The van der Waals surface area contributed by atoms with Crippen molar-refractivity contribution in [3.63, 3.8) is 0 Å². The molecule has 3 N–H and O–H groups in total. The molecule has 0 amide bonds. The third kappa shape index (κ3) is 2.07. The maximum atomic E-state index is 5.71. The Bertz CT molecular complexity index is 570. The van der Waals surface area contributed by atoms with E-state index in [-0.39, 0.29) is 6.04 Å². The average molecular weight is 325 g/mol. The molecule has 0 bridgehead atoms. The molecule has 1 aliphatic rings. The normalized spacial score (nSPS) is 15.2. The third-order valence-electron chi connectivity index (χ3n) is 3.17. The van der Waals surface area contributed by atoms with E-state index in [9.17, 15) is 0 Å². The number of rotatable bonds is 3. The summed E-state index contributed by atoms with van der Waals surface area (Å²) in [6.07, 6.45) is 0.977. The number of hydrazine groups is 1. The Labute approximate surface area is 118 Å². The molecule has 0 saturated heterocycles. The Morgan fingerprint density at radius 3 is 3.00 bits per heavy atom. The monoisotopic (exact) mass is 324 g/mol. The van der Waals surface area contributed by atoms with E-state index >= 15 is 0 Å². The average Bonchev–Trinajstić information content (AvgIpc) is 2.99. The highest BCUT2D eigenvalue weighted by atomic mass is 79.9. The number of nitrogens with two attached hydrogens (primary N) is 1. The standard InChI is InChI=1S/C13H13BrN2OS/c14-11-7-18-6-10(11)13(16-15)9-1-2-12-8(5-9)3-4-17-12/h1-2,5-7,13,16H,3-4,15H2. The van der Waals surface area contributed by atoms with Crippen molar-refractivity contribution in [1.82, 2.24) is 5.43 Å². The summed E-state index contributed by atoms with van der Waals surface area (Å²) in [4.78, 5) is 0. The van der Waals surface area contributed by atoms with Crippen LogP contribution >= 0.6 is 27.3 Å². The number of nitrogens with one attached hydrogen (secondary N) is 1. The fourth-order valence-corrected chi connectivity index (χ4v) is 3.80. The third-order valence-corrected chi connectivity index (χ3v) is 4.92. The molecule has 0 saturated carbocycles. The molecule has 2 heterocycles. The molecule has 3 rings (SSSR count). The van der Waals surface area contributed by atoms with Crippen molar-refractivity contribution in [3.05, 3.63) is 50.1 Å². The lowest BCUT2D eigenvalue weighted by molar-refractivity contribution is 0.357. The van der Waals surface area contributed by atoms with Crippen molar-refractivity contribution in [2.24, 2.45) is 5.84 Å². The van der Waals surface area contributed by atoms with E-state index in [4.69, 9.17) is 10.6 Å². The first kappa shape index (κ1) is 12.2. The molecule has 2 aromatic rings. The summed E-state index contributed by atoms with van der Waals surface area (Å²) in [6.45, 7) is 0.779. The largest absolute Gasteiger partial charge is 0.493 e. The molecule has 5 heteroatoms. The summed E-state index contributed by atoms with van der Waals surface area (Å²) < 4.78 is 6.61. The van der Waals surface area contributed by atoms with Crippen molar-refractivity contribution in [2.45, 2.75) is 12.5 Å². The molecule has 0 radical (unpaired) electrons. The van der Waals surface area contributed by atoms with E-state index in [0.29, 0.717) is 0 Å². The predicted octanol–water partition coefficient (Wildman–Crippen LogP) is 3.00. The SMILES string of the molecule is NNC(c1ccc2c(c1)CCO2)c1cscc1Br. The summed E-state index contributed by atoms with van der Waals surface area (Å²) in [5.41, 5.74) is 6.49. The van der Waals surface area contributed by atoms with E-state index in [1.54, 1.807) is 11.3 Å². The van der Waals surface area contributed by atoms with Crippen molar-refractivity contribution >= 4 is 27.3 Å². The van der Waals surface area contributed by atoms with Gasteiger partial charge in [-0.3, -0.25) is 5.84 Å². The smallest absolute Gasteiger partial charge is 0.122 e. The molecular weight excluding hydrogens is 312 g/mol. The van der Waals surface area contributed by atoms with Gasteiger partial charge in [-0.25, -0.2) is 5.43 Å².